The minimum absolute atomic E-state index is 0.0503. The lowest BCUT2D eigenvalue weighted by molar-refractivity contribution is 0.0955. The normalized spacial score (nSPS) is 10.6. The van der Waals surface area contributed by atoms with Gasteiger partial charge in [-0.3, -0.25) is 4.79 Å². The van der Waals surface area contributed by atoms with Crippen LogP contribution in [0, 0.1) is 11.6 Å². The molecule has 4 nitrogen and oxygen atoms in total. The van der Waals surface area contributed by atoms with Crippen LogP contribution in [-0.4, -0.2) is 10.3 Å². The van der Waals surface area contributed by atoms with E-state index in [4.69, 9.17) is 5.73 Å². The highest BCUT2D eigenvalue weighted by molar-refractivity contribution is 7.09. The van der Waals surface area contributed by atoms with Crippen LogP contribution in [0.3, 0.4) is 0 Å². The van der Waals surface area contributed by atoms with Crippen LogP contribution in [0.2, 0.25) is 0 Å². The number of nitrogens with two attached hydrogens (primary N) is 1. The van der Waals surface area contributed by atoms with Crippen LogP contribution in [-0.2, 0) is 6.54 Å². The fourth-order valence-corrected chi connectivity index (χ4v) is 2.91. The molecule has 0 spiro atoms. The molecule has 0 bridgehead atoms. The first kappa shape index (κ1) is 16.1. The first-order valence-electron chi connectivity index (χ1n) is 7.09. The summed E-state index contributed by atoms with van der Waals surface area (Å²) in [6, 6.07) is 11.9. The molecule has 0 atom stereocenters. The molecular weight excluding hydrogens is 332 g/mol. The summed E-state index contributed by atoms with van der Waals surface area (Å²) in [6.07, 6.45) is 0. The second kappa shape index (κ2) is 6.76. The predicted octanol–water partition coefficient (Wildman–Crippen LogP) is 3.60. The van der Waals surface area contributed by atoms with Crippen LogP contribution < -0.4 is 11.1 Å². The minimum atomic E-state index is -0.429. The number of anilines is 1. The van der Waals surface area contributed by atoms with Crippen molar-refractivity contribution in [2.24, 2.45) is 0 Å². The molecule has 1 amide bonds. The summed E-state index contributed by atoms with van der Waals surface area (Å²) in [4.78, 5) is 12.5. The van der Waals surface area contributed by atoms with Gasteiger partial charge in [0.2, 0.25) is 0 Å². The van der Waals surface area contributed by atoms with E-state index in [1.807, 2.05) is 0 Å². The zero-order valence-electron chi connectivity index (χ0n) is 12.4. The number of hydrogen-bond acceptors (Lipinski definition) is 4. The van der Waals surface area contributed by atoms with E-state index in [1.54, 1.807) is 30.3 Å². The predicted molar refractivity (Wildman–Crippen MR) is 89.5 cm³/mol. The molecule has 0 saturated heterocycles. The van der Waals surface area contributed by atoms with E-state index >= 15 is 0 Å². The number of nitrogens with one attached hydrogen (secondary N) is 1. The van der Waals surface area contributed by atoms with Gasteiger partial charge in [0.05, 0.1) is 5.69 Å². The number of aromatic nitrogens is 1. The smallest absolute Gasteiger partial charge is 0.265 e. The number of rotatable bonds is 4. The average molecular weight is 345 g/mol. The summed E-state index contributed by atoms with van der Waals surface area (Å²) in [7, 11) is 0. The van der Waals surface area contributed by atoms with Gasteiger partial charge in [0.15, 0.2) is 0 Å². The fraction of sp³-hybridized carbons (Fsp3) is 0.0588. The Kier molecular flexibility index (Phi) is 4.52. The summed E-state index contributed by atoms with van der Waals surface area (Å²) < 4.78 is 30.7. The van der Waals surface area contributed by atoms with Gasteiger partial charge < -0.3 is 11.1 Å². The van der Waals surface area contributed by atoms with Crippen molar-refractivity contribution in [2.75, 3.05) is 5.73 Å². The standard InChI is InChI=1S/C17H13F2N3OS/c18-12-7-5-10(6-8-12)15-14(20)16(24-22-15)17(23)21-9-11-3-1-2-4-13(11)19/h1-8H,9,20H2,(H,21,23). The van der Waals surface area contributed by atoms with Gasteiger partial charge in [0.1, 0.15) is 22.2 Å². The van der Waals surface area contributed by atoms with Crippen molar-refractivity contribution in [1.29, 1.82) is 0 Å². The topological polar surface area (TPSA) is 68.0 Å². The van der Waals surface area contributed by atoms with Gasteiger partial charge in [-0.05, 0) is 41.9 Å². The average Bonchev–Trinajstić information content (AvgIpc) is 2.96. The Labute approximate surface area is 141 Å². The number of halogens is 2. The quantitative estimate of drug-likeness (QED) is 0.759. The molecule has 7 heteroatoms. The molecule has 24 heavy (non-hydrogen) atoms. The fourth-order valence-electron chi connectivity index (χ4n) is 2.17. The van der Waals surface area contributed by atoms with Gasteiger partial charge in [-0.15, -0.1) is 0 Å². The summed E-state index contributed by atoms with van der Waals surface area (Å²) in [5.41, 5.74) is 7.64. The van der Waals surface area contributed by atoms with Crippen LogP contribution in [0.1, 0.15) is 15.2 Å². The molecule has 122 valence electrons. The number of hydrogen-bond donors (Lipinski definition) is 2. The van der Waals surface area contributed by atoms with Crippen molar-refractivity contribution in [3.05, 3.63) is 70.6 Å². The van der Waals surface area contributed by atoms with Crippen LogP contribution in [0.25, 0.3) is 11.3 Å². The Bertz CT molecular complexity index is 878. The molecule has 0 radical (unpaired) electrons. The first-order chi connectivity index (χ1) is 11.6. The van der Waals surface area contributed by atoms with Gasteiger partial charge in [-0.25, -0.2) is 8.78 Å². The maximum atomic E-state index is 13.6. The first-order valence-corrected chi connectivity index (χ1v) is 7.86. The van der Waals surface area contributed by atoms with Crippen LogP contribution in [0.5, 0.6) is 0 Å². The van der Waals surface area contributed by atoms with Crippen LogP contribution in [0.4, 0.5) is 14.5 Å². The Morgan fingerprint density at radius 2 is 1.83 bits per heavy atom. The number of nitrogens with zero attached hydrogens (tertiary/aromatic N) is 1. The molecule has 3 rings (SSSR count). The van der Waals surface area contributed by atoms with Gasteiger partial charge in [-0.2, -0.15) is 4.37 Å². The number of amides is 1. The monoisotopic (exact) mass is 345 g/mol. The van der Waals surface area contributed by atoms with E-state index < -0.39 is 5.91 Å². The van der Waals surface area contributed by atoms with Gasteiger partial charge >= 0.3 is 0 Å². The van der Waals surface area contributed by atoms with Crippen molar-refractivity contribution in [1.82, 2.24) is 9.69 Å². The SMILES string of the molecule is Nc1c(-c2ccc(F)cc2)nsc1C(=O)NCc1ccccc1F. The molecule has 2 aromatic carbocycles. The third-order valence-corrected chi connectivity index (χ3v) is 4.31. The third kappa shape index (κ3) is 3.26. The van der Waals surface area contributed by atoms with Crippen LogP contribution >= 0.6 is 11.5 Å². The molecule has 0 saturated carbocycles. The molecule has 0 fully saturated rings. The zero-order valence-corrected chi connectivity index (χ0v) is 13.2. The molecule has 1 heterocycles. The summed E-state index contributed by atoms with van der Waals surface area (Å²) >= 11 is 0.948. The highest BCUT2D eigenvalue weighted by Crippen LogP contribution is 2.30. The lowest BCUT2D eigenvalue weighted by Crippen LogP contribution is -2.23. The van der Waals surface area contributed by atoms with Crippen molar-refractivity contribution in [3.8, 4) is 11.3 Å². The third-order valence-electron chi connectivity index (χ3n) is 3.45. The molecule has 0 unspecified atom stereocenters. The maximum Gasteiger partial charge on any atom is 0.265 e. The van der Waals surface area contributed by atoms with Crippen LogP contribution in [0.15, 0.2) is 48.5 Å². The van der Waals surface area contributed by atoms with Gasteiger partial charge in [0.25, 0.3) is 5.91 Å². The maximum absolute atomic E-state index is 13.6. The highest BCUT2D eigenvalue weighted by Gasteiger charge is 2.18. The second-order valence-electron chi connectivity index (χ2n) is 5.05. The molecule has 0 aliphatic rings. The minimum Gasteiger partial charge on any atom is -0.396 e. The molecule has 3 aromatic rings. The zero-order chi connectivity index (χ0) is 17.1. The van der Waals surface area contributed by atoms with Crippen molar-refractivity contribution >= 4 is 23.1 Å². The van der Waals surface area contributed by atoms with Crippen molar-refractivity contribution in [2.45, 2.75) is 6.54 Å². The van der Waals surface area contributed by atoms with Gasteiger partial charge in [-0.1, -0.05) is 18.2 Å². The number of carbonyl (C=O) groups is 1. The van der Waals surface area contributed by atoms with E-state index in [0.717, 1.165) is 11.5 Å². The second-order valence-corrected chi connectivity index (χ2v) is 5.83. The van der Waals surface area contributed by atoms with Crippen molar-refractivity contribution in [3.63, 3.8) is 0 Å². The van der Waals surface area contributed by atoms with E-state index in [-0.39, 0.29) is 28.7 Å². The highest BCUT2D eigenvalue weighted by atomic mass is 32.1. The lowest BCUT2D eigenvalue weighted by atomic mass is 10.1. The molecule has 0 aliphatic heterocycles. The molecular formula is C17H13F2N3OS. The summed E-state index contributed by atoms with van der Waals surface area (Å²) in [5, 5.41) is 2.62. The van der Waals surface area contributed by atoms with E-state index in [9.17, 15) is 13.6 Å². The molecule has 3 N–H and O–H groups in total. The number of benzene rings is 2. The summed E-state index contributed by atoms with van der Waals surface area (Å²) in [6.45, 7) is 0.0503. The number of carbonyl (C=O) groups excluding carboxylic acids is 1. The van der Waals surface area contributed by atoms with E-state index in [0.29, 0.717) is 16.8 Å². The molecule has 1 aromatic heterocycles. The largest absolute Gasteiger partial charge is 0.396 e. The Morgan fingerprint density at radius 1 is 1.12 bits per heavy atom. The Balaban J connectivity index is 1.76. The van der Waals surface area contributed by atoms with E-state index in [1.165, 1.54) is 18.2 Å². The van der Waals surface area contributed by atoms with E-state index in [2.05, 4.69) is 9.69 Å². The number of nitrogen functional groups attached to an aromatic ring is 1. The van der Waals surface area contributed by atoms with Crippen molar-refractivity contribution < 1.29 is 13.6 Å². The Morgan fingerprint density at radius 3 is 2.54 bits per heavy atom. The summed E-state index contributed by atoms with van der Waals surface area (Å²) in [5.74, 6) is -1.18. The van der Waals surface area contributed by atoms with Gasteiger partial charge in [0, 0.05) is 17.7 Å². The lowest BCUT2D eigenvalue weighted by Gasteiger charge is -2.05. The molecule has 0 aliphatic carbocycles. The Hall–Kier alpha value is -2.80.